The van der Waals surface area contributed by atoms with Crippen molar-refractivity contribution < 1.29 is 5.11 Å². The van der Waals surface area contributed by atoms with Gasteiger partial charge in [0.2, 0.25) is 0 Å². The minimum absolute atomic E-state index is 0.324. The minimum atomic E-state index is -0.709. The fourth-order valence-electron chi connectivity index (χ4n) is 5.43. The van der Waals surface area contributed by atoms with Crippen molar-refractivity contribution in [3.05, 3.63) is 75.3 Å². The fraction of sp³-hybridized carbons (Fsp3) is 0.308. The molecule has 2 heterocycles. The first-order valence-electron chi connectivity index (χ1n) is 11.3. The van der Waals surface area contributed by atoms with Crippen LogP contribution in [0.25, 0.3) is 22.1 Å². The third-order valence-corrected chi connectivity index (χ3v) is 7.34. The van der Waals surface area contributed by atoms with Gasteiger partial charge in [-0.2, -0.15) is 0 Å². The standard InChI is InChI=1S/C26H28N6O/c1-6-13-26(18-9-7-11-20-23(18)29-31-27-20,19-10-8-12-21-24(19)30-32-28-21)22-16(4)14(2)15(3)17(5)25(22)33/h7-12,33H,6,13H2,1-5H3,(H,27,29,31)(H,28,30,32). The molecule has 0 atom stereocenters. The SMILES string of the molecule is CCCC(c1c(C)c(C)c(C)c(C)c1O)(c1cccc2[nH]nnc12)c1cccc2[nH]nnc12. The summed E-state index contributed by atoms with van der Waals surface area (Å²) in [5.74, 6) is 0.324. The molecule has 0 amide bonds. The Balaban J connectivity index is 2.04. The fourth-order valence-corrected chi connectivity index (χ4v) is 5.43. The van der Waals surface area contributed by atoms with E-state index in [4.69, 9.17) is 0 Å². The van der Waals surface area contributed by atoms with Crippen LogP contribution in [0.1, 0.15) is 58.7 Å². The largest absolute Gasteiger partial charge is 0.507 e. The molecule has 0 saturated heterocycles. The topological polar surface area (TPSA) is 103 Å². The number of hydrogen-bond donors (Lipinski definition) is 3. The minimum Gasteiger partial charge on any atom is -0.507 e. The third kappa shape index (κ3) is 2.88. The number of aromatic hydroxyl groups is 1. The van der Waals surface area contributed by atoms with Gasteiger partial charge in [-0.15, -0.1) is 10.2 Å². The van der Waals surface area contributed by atoms with Crippen LogP contribution in [0, 0.1) is 27.7 Å². The first-order chi connectivity index (χ1) is 15.9. The van der Waals surface area contributed by atoms with E-state index in [1.54, 1.807) is 0 Å². The van der Waals surface area contributed by atoms with Crippen LogP contribution >= 0.6 is 0 Å². The summed E-state index contributed by atoms with van der Waals surface area (Å²) >= 11 is 0. The molecule has 0 radical (unpaired) electrons. The van der Waals surface area contributed by atoms with Crippen molar-refractivity contribution in [3.63, 3.8) is 0 Å². The predicted octanol–water partition coefficient (Wildman–Crippen LogP) is 5.30. The van der Waals surface area contributed by atoms with Gasteiger partial charge in [0, 0.05) is 5.56 Å². The van der Waals surface area contributed by atoms with E-state index in [1.165, 1.54) is 5.56 Å². The van der Waals surface area contributed by atoms with E-state index < -0.39 is 5.41 Å². The van der Waals surface area contributed by atoms with Crippen LogP contribution in [-0.4, -0.2) is 35.9 Å². The average molecular weight is 441 g/mol. The van der Waals surface area contributed by atoms with E-state index in [9.17, 15) is 5.11 Å². The lowest BCUT2D eigenvalue weighted by atomic mass is 9.63. The summed E-state index contributed by atoms with van der Waals surface area (Å²) in [6.07, 6.45) is 1.63. The summed E-state index contributed by atoms with van der Waals surface area (Å²) in [4.78, 5) is 0. The molecule has 168 valence electrons. The molecule has 0 aliphatic heterocycles. The molecule has 7 nitrogen and oxygen atoms in total. The number of phenols is 1. The maximum absolute atomic E-state index is 11.7. The Morgan fingerprint density at radius 1 is 0.758 bits per heavy atom. The molecule has 0 aliphatic carbocycles. The van der Waals surface area contributed by atoms with Crippen molar-refractivity contribution in [2.75, 3.05) is 0 Å². The number of phenolic OH excluding ortho intramolecular Hbond substituents is 1. The van der Waals surface area contributed by atoms with Crippen LogP contribution in [0.5, 0.6) is 5.75 Å². The van der Waals surface area contributed by atoms with Crippen LogP contribution in [0.15, 0.2) is 36.4 Å². The van der Waals surface area contributed by atoms with Gasteiger partial charge < -0.3 is 5.11 Å². The lowest BCUT2D eigenvalue weighted by molar-refractivity contribution is 0.439. The van der Waals surface area contributed by atoms with Crippen LogP contribution in [-0.2, 0) is 5.41 Å². The molecule has 2 aromatic heterocycles. The van der Waals surface area contributed by atoms with Crippen molar-refractivity contribution >= 4 is 22.1 Å². The summed E-state index contributed by atoms with van der Waals surface area (Å²) in [6.45, 7) is 10.5. The van der Waals surface area contributed by atoms with Crippen LogP contribution in [0.3, 0.4) is 0 Å². The molecule has 3 N–H and O–H groups in total. The Bertz CT molecular complexity index is 1390. The second-order valence-corrected chi connectivity index (χ2v) is 8.91. The van der Waals surface area contributed by atoms with Gasteiger partial charge in [0.25, 0.3) is 0 Å². The van der Waals surface area contributed by atoms with E-state index in [1.807, 2.05) is 31.2 Å². The Morgan fingerprint density at radius 3 is 1.79 bits per heavy atom. The van der Waals surface area contributed by atoms with Gasteiger partial charge >= 0.3 is 0 Å². The molecule has 33 heavy (non-hydrogen) atoms. The second kappa shape index (κ2) is 7.69. The number of nitrogens with one attached hydrogen (secondary N) is 2. The molecule has 0 bridgehead atoms. The molecule has 7 heteroatoms. The Kier molecular flexibility index (Phi) is 4.92. The van der Waals surface area contributed by atoms with E-state index >= 15 is 0 Å². The highest BCUT2D eigenvalue weighted by molar-refractivity contribution is 5.86. The lowest BCUT2D eigenvalue weighted by Gasteiger charge is -2.38. The highest BCUT2D eigenvalue weighted by Crippen LogP contribution is 2.52. The zero-order valence-electron chi connectivity index (χ0n) is 19.6. The van der Waals surface area contributed by atoms with E-state index in [0.717, 1.165) is 68.3 Å². The molecule has 5 aromatic rings. The van der Waals surface area contributed by atoms with Gasteiger partial charge in [-0.05, 0) is 79.6 Å². The number of benzene rings is 3. The molecule has 0 aliphatic rings. The van der Waals surface area contributed by atoms with E-state index in [-0.39, 0.29) is 0 Å². The van der Waals surface area contributed by atoms with Crippen molar-refractivity contribution in [1.29, 1.82) is 0 Å². The Morgan fingerprint density at radius 2 is 1.27 bits per heavy atom. The first-order valence-corrected chi connectivity index (χ1v) is 11.3. The van der Waals surface area contributed by atoms with Gasteiger partial charge in [-0.3, -0.25) is 10.2 Å². The number of aromatic nitrogens is 6. The van der Waals surface area contributed by atoms with E-state index in [0.29, 0.717) is 5.75 Å². The molecule has 0 fully saturated rings. The third-order valence-electron chi connectivity index (χ3n) is 7.34. The average Bonchev–Trinajstić information content (AvgIpc) is 3.50. The molecule has 0 saturated carbocycles. The van der Waals surface area contributed by atoms with Crippen molar-refractivity contribution in [3.8, 4) is 5.75 Å². The van der Waals surface area contributed by atoms with Gasteiger partial charge in [-0.1, -0.05) is 48.0 Å². The monoisotopic (exact) mass is 440 g/mol. The van der Waals surface area contributed by atoms with Crippen molar-refractivity contribution in [2.24, 2.45) is 0 Å². The maximum Gasteiger partial charge on any atom is 0.123 e. The Hall–Kier alpha value is -3.74. The van der Waals surface area contributed by atoms with Gasteiger partial charge in [0.05, 0.1) is 16.4 Å². The number of nitrogens with zero attached hydrogens (tertiary/aromatic N) is 4. The smallest absolute Gasteiger partial charge is 0.123 e. The highest BCUT2D eigenvalue weighted by Gasteiger charge is 2.43. The molecular formula is C26H28N6O. The van der Waals surface area contributed by atoms with Gasteiger partial charge in [0.1, 0.15) is 16.8 Å². The van der Waals surface area contributed by atoms with Gasteiger partial charge in [0.15, 0.2) is 0 Å². The summed E-state index contributed by atoms with van der Waals surface area (Å²) in [6, 6.07) is 12.2. The quantitative estimate of drug-likeness (QED) is 0.322. The molecule has 0 unspecified atom stereocenters. The zero-order valence-corrected chi connectivity index (χ0v) is 19.6. The van der Waals surface area contributed by atoms with Crippen LogP contribution in [0.2, 0.25) is 0 Å². The van der Waals surface area contributed by atoms with E-state index in [2.05, 4.69) is 70.6 Å². The predicted molar refractivity (Wildman–Crippen MR) is 130 cm³/mol. The number of H-pyrrole nitrogens is 2. The summed E-state index contributed by atoms with van der Waals surface area (Å²) in [5.41, 5.74) is 9.74. The van der Waals surface area contributed by atoms with Crippen LogP contribution in [0.4, 0.5) is 0 Å². The molecule has 5 rings (SSSR count). The first kappa shape index (κ1) is 21.1. The summed E-state index contributed by atoms with van der Waals surface area (Å²) < 4.78 is 0. The molecule has 0 spiro atoms. The molecule has 3 aromatic carbocycles. The van der Waals surface area contributed by atoms with Crippen LogP contribution < -0.4 is 0 Å². The lowest BCUT2D eigenvalue weighted by Crippen LogP contribution is -2.32. The Labute approximate surface area is 192 Å². The number of fused-ring (bicyclic) bond motifs is 2. The van der Waals surface area contributed by atoms with Crippen molar-refractivity contribution in [1.82, 2.24) is 30.8 Å². The highest BCUT2D eigenvalue weighted by atomic mass is 16.3. The van der Waals surface area contributed by atoms with Crippen molar-refractivity contribution in [2.45, 2.75) is 52.9 Å². The zero-order chi connectivity index (χ0) is 23.3. The summed E-state index contributed by atoms with van der Waals surface area (Å²) in [5, 5.41) is 34.9. The van der Waals surface area contributed by atoms with Gasteiger partial charge in [-0.25, -0.2) is 0 Å². The second-order valence-electron chi connectivity index (χ2n) is 8.91. The number of rotatable bonds is 5. The maximum atomic E-state index is 11.7. The number of hydrogen-bond acceptors (Lipinski definition) is 5. The number of aromatic amines is 2. The molecular weight excluding hydrogens is 412 g/mol. The summed E-state index contributed by atoms with van der Waals surface area (Å²) in [7, 11) is 0. The normalized spacial score (nSPS) is 12.2.